The van der Waals surface area contributed by atoms with E-state index in [2.05, 4.69) is 60.1 Å². The summed E-state index contributed by atoms with van der Waals surface area (Å²) >= 11 is 3.64. The van der Waals surface area contributed by atoms with Gasteiger partial charge < -0.3 is 43.7 Å². The van der Waals surface area contributed by atoms with Gasteiger partial charge in [0.25, 0.3) is 14.2 Å². The number of esters is 1. The number of nitrogens with one attached hydrogen (secondary N) is 2. The molecule has 3 N–H and O–H groups in total. The number of anilines is 2. The van der Waals surface area contributed by atoms with Crippen molar-refractivity contribution in [2.24, 2.45) is 0 Å². The van der Waals surface area contributed by atoms with E-state index in [1.807, 2.05) is 6.07 Å². The lowest BCUT2D eigenvalue weighted by molar-refractivity contribution is -0.149. The van der Waals surface area contributed by atoms with Crippen LogP contribution >= 0.6 is 15.9 Å². The molecule has 3 aromatic rings. The summed E-state index contributed by atoms with van der Waals surface area (Å²) in [5, 5.41) is 16.2. The second kappa shape index (κ2) is 11.4. The Morgan fingerprint density at radius 3 is 2.27 bits per heavy atom. The van der Waals surface area contributed by atoms with Crippen LogP contribution in [-0.4, -0.2) is 76.1 Å². The van der Waals surface area contributed by atoms with Gasteiger partial charge in [-0.3, -0.25) is 4.79 Å². The number of methoxy groups -OCH3 is 4. The number of hydrogen-bond acceptors (Lipinski definition) is 9. The van der Waals surface area contributed by atoms with E-state index in [0.717, 1.165) is 5.56 Å². The number of halogens is 1. The van der Waals surface area contributed by atoms with E-state index >= 15 is 0 Å². The van der Waals surface area contributed by atoms with E-state index in [0.29, 0.717) is 68.4 Å². The van der Waals surface area contributed by atoms with Gasteiger partial charge in [-0.05, 0) is 42.8 Å². The molecule has 3 atom stereocenters. The number of nitrogens with zero attached hydrogens (tertiary/aromatic N) is 1. The zero-order valence-corrected chi connectivity index (χ0v) is 30.0. The second-order valence-electron chi connectivity index (χ2n) is 13.2. The predicted molar refractivity (Wildman–Crippen MR) is 179 cm³/mol. The zero-order valence-electron chi connectivity index (χ0n) is 27.4. The van der Waals surface area contributed by atoms with Crippen LogP contribution < -0.4 is 28.9 Å². The van der Waals surface area contributed by atoms with E-state index in [4.69, 9.17) is 23.4 Å². The first-order chi connectivity index (χ1) is 21.1. The topological polar surface area (TPSA) is 132 Å². The van der Waals surface area contributed by atoms with Crippen molar-refractivity contribution >= 4 is 58.4 Å². The summed E-state index contributed by atoms with van der Waals surface area (Å²) in [5.74, 6) is 0.757. The molecule has 45 heavy (non-hydrogen) atoms. The number of amides is 1. The maximum Gasteiger partial charge on any atom is 0.334 e. The molecule has 0 unspecified atom stereocenters. The number of aromatic amines is 1. The molecule has 11 nitrogen and oxygen atoms in total. The number of aromatic nitrogens is 1. The smallest absolute Gasteiger partial charge is 0.334 e. The minimum absolute atomic E-state index is 0.138. The number of carbonyl (C=O) groups excluding carboxylic acids is 2. The van der Waals surface area contributed by atoms with Crippen molar-refractivity contribution in [2.75, 3.05) is 50.5 Å². The van der Waals surface area contributed by atoms with Gasteiger partial charge in [-0.15, -0.1) is 0 Å². The van der Waals surface area contributed by atoms with Gasteiger partial charge in [-0.25, -0.2) is 4.79 Å². The van der Waals surface area contributed by atoms with E-state index in [9.17, 15) is 14.7 Å². The maximum atomic E-state index is 14.4. The lowest BCUT2D eigenvalue weighted by Gasteiger charge is -2.37. The normalized spacial score (nSPS) is 20.8. The molecule has 3 heterocycles. The van der Waals surface area contributed by atoms with Crippen LogP contribution in [0.15, 0.2) is 18.2 Å². The molecule has 0 radical (unpaired) electrons. The van der Waals surface area contributed by atoms with Crippen LogP contribution in [0.1, 0.15) is 61.3 Å². The molecule has 5 rings (SSSR count). The summed E-state index contributed by atoms with van der Waals surface area (Å²) in [6.45, 7) is 12.6. The Kier molecular flexibility index (Phi) is 8.37. The molecule has 1 aromatic heterocycles. The fourth-order valence-electron chi connectivity index (χ4n) is 5.98. The lowest BCUT2D eigenvalue weighted by atomic mass is 9.88. The molecule has 244 valence electrons. The summed E-state index contributed by atoms with van der Waals surface area (Å²) in [7, 11) is 3.49. The molecule has 13 heteroatoms. The van der Waals surface area contributed by atoms with Gasteiger partial charge in [0.1, 0.15) is 17.5 Å². The third-order valence-corrected chi connectivity index (χ3v) is 14.6. The van der Waals surface area contributed by atoms with E-state index in [1.165, 1.54) is 21.3 Å². The zero-order chi connectivity index (χ0) is 33.2. The SMILES string of the molecule is COC(=O)[C@]1(C)Nc2c(O[Si](C)(C)C(C)(C)C)cc3c(c2[C@@H]1O)[C@H](CBr)CN3C(=O)c1cc2cc(OC)c(OC)c(OC)c2[nH]1. The first kappa shape index (κ1) is 33.0. The van der Waals surface area contributed by atoms with Gasteiger partial charge in [-0.2, -0.15) is 0 Å². The monoisotopic (exact) mass is 703 g/mol. The second-order valence-corrected chi connectivity index (χ2v) is 18.6. The van der Waals surface area contributed by atoms with Crippen LogP contribution in [0, 0.1) is 0 Å². The quantitative estimate of drug-likeness (QED) is 0.145. The van der Waals surface area contributed by atoms with Crippen LogP contribution in [0.5, 0.6) is 23.0 Å². The van der Waals surface area contributed by atoms with Crippen LogP contribution in [0.4, 0.5) is 11.4 Å². The van der Waals surface area contributed by atoms with Crippen LogP contribution in [0.25, 0.3) is 10.9 Å². The molecule has 0 fully saturated rings. The number of H-pyrrole nitrogens is 1. The van der Waals surface area contributed by atoms with E-state index in [-0.39, 0.29) is 16.9 Å². The standard InChI is InChI=1S/C32H42BrN3O8Si/c1-31(2,3)45(9,10)44-20-13-19-22(23-25(20)35-32(4,28(23)37)30(39)43-8)17(14-33)15-36(19)29(38)18-11-16-12-21(40-5)26(41-6)27(42-7)24(16)34-18/h11-13,17,28,34-35,37H,14-15H2,1-10H3/t17-,28+,32-/m1/s1. The average Bonchev–Trinajstić information content (AvgIpc) is 3.66. The first-order valence-electron chi connectivity index (χ1n) is 14.7. The third-order valence-electron chi connectivity index (χ3n) is 9.52. The molecule has 0 spiro atoms. The molecule has 1 amide bonds. The maximum absolute atomic E-state index is 14.4. The first-order valence-corrected chi connectivity index (χ1v) is 18.7. The summed E-state index contributed by atoms with van der Waals surface area (Å²) in [4.78, 5) is 32.3. The summed E-state index contributed by atoms with van der Waals surface area (Å²) in [5.41, 5.74) is 1.98. The molecule has 2 aliphatic heterocycles. The van der Waals surface area contributed by atoms with Crippen molar-refractivity contribution in [3.63, 3.8) is 0 Å². The minimum atomic E-state index is -2.41. The Morgan fingerprint density at radius 1 is 1.04 bits per heavy atom. The van der Waals surface area contributed by atoms with E-state index < -0.39 is 25.9 Å². The largest absolute Gasteiger partial charge is 0.542 e. The molecule has 0 saturated carbocycles. The highest BCUT2D eigenvalue weighted by Gasteiger charge is 2.54. The number of aliphatic hydroxyl groups is 1. The highest BCUT2D eigenvalue weighted by Crippen LogP contribution is 2.56. The highest BCUT2D eigenvalue weighted by molar-refractivity contribution is 9.09. The Hall–Kier alpha value is -3.42. The third kappa shape index (κ3) is 5.03. The van der Waals surface area contributed by atoms with Crippen molar-refractivity contribution in [3.8, 4) is 23.0 Å². The fourth-order valence-corrected chi connectivity index (χ4v) is 7.52. The summed E-state index contributed by atoms with van der Waals surface area (Å²) in [6.07, 6.45) is -1.24. The van der Waals surface area contributed by atoms with Gasteiger partial charge in [0, 0.05) is 34.8 Å². The molecule has 2 aliphatic rings. The van der Waals surface area contributed by atoms with Gasteiger partial charge in [-0.1, -0.05) is 36.7 Å². The van der Waals surface area contributed by atoms with Crippen LogP contribution in [-0.2, 0) is 9.53 Å². The molecule has 0 aliphatic carbocycles. The molecule has 0 saturated heterocycles. The number of fused-ring (bicyclic) bond motifs is 4. The average molecular weight is 705 g/mol. The van der Waals surface area contributed by atoms with E-state index in [1.54, 1.807) is 31.1 Å². The van der Waals surface area contributed by atoms with Crippen LogP contribution in [0.2, 0.25) is 18.1 Å². The van der Waals surface area contributed by atoms with Gasteiger partial charge in [0.15, 0.2) is 17.0 Å². The summed E-state index contributed by atoms with van der Waals surface area (Å²) in [6, 6.07) is 5.42. The highest BCUT2D eigenvalue weighted by atomic mass is 79.9. The van der Waals surface area contributed by atoms with Crippen molar-refractivity contribution in [3.05, 3.63) is 35.0 Å². The van der Waals surface area contributed by atoms with Crippen LogP contribution in [0.3, 0.4) is 0 Å². The molecule has 0 bridgehead atoms. The van der Waals surface area contributed by atoms with Gasteiger partial charge in [0.05, 0.1) is 45.3 Å². The molecular weight excluding hydrogens is 662 g/mol. The lowest BCUT2D eigenvalue weighted by Crippen LogP contribution is -2.46. The number of rotatable bonds is 8. The number of aliphatic hydroxyl groups excluding tert-OH is 1. The Morgan fingerprint density at radius 2 is 1.71 bits per heavy atom. The Labute approximate surface area is 272 Å². The fraction of sp³-hybridized carbons (Fsp3) is 0.500. The number of ether oxygens (including phenoxy) is 4. The number of hydrogen-bond donors (Lipinski definition) is 3. The number of alkyl halides is 1. The molecular formula is C32H42BrN3O8Si. The number of carbonyl (C=O) groups is 2. The van der Waals surface area contributed by atoms with Crippen molar-refractivity contribution < 1.29 is 38.1 Å². The minimum Gasteiger partial charge on any atom is -0.542 e. The summed E-state index contributed by atoms with van der Waals surface area (Å²) < 4.78 is 28.6. The van der Waals surface area contributed by atoms with Gasteiger partial charge >= 0.3 is 5.97 Å². The van der Waals surface area contributed by atoms with Crippen molar-refractivity contribution in [1.29, 1.82) is 0 Å². The molecule has 2 aromatic carbocycles. The Balaban J connectivity index is 1.70. The van der Waals surface area contributed by atoms with Crippen molar-refractivity contribution in [2.45, 2.75) is 63.4 Å². The predicted octanol–water partition coefficient (Wildman–Crippen LogP) is 6.11. The van der Waals surface area contributed by atoms with Gasteiger partial charge in [0.2, 0.25) is 5.75 Å². The Bertz CT molecular complexity index is 1680. The number of benzene rings is 2. The van der Waals surface area contributed by atoms with Crippen molar-refractivity contribution in [1.82, 2.24) is 4.98 Å².